The van der Waals surface area contributed by atoms with Crippen molar-refractivity contribution in [3.63, 3.8) is 0 Å². The summed E-state index contributed by atoms with van der Waals surface area (Å²) in [6.07, 6.45) is 4.02. The fourth-order valence-corrected chi connectivity index (χ4v) is 2.10. The molecule has 1 aliphatic carbocycles. The molecule has 1 aromatic heterocycles. The molecular formula is C14H22ClN3. The van der Waals surface area contributed by atoms with Gasteiger partial charge in [-0.1, -0.05) is 38.8 Å². The summed E-state index contributed by atoms with van der Waals surface area (Å²) in [4.78, 5) is 9.01. The fraction of sp³-hybridized carbons (Fsp3) is 0.714. The van der Waals surface area contributed by atoms with E-state index in [-0.39, 0.29) is 5.41 Å². The van der Waals surface area contributed by atoms with Gasteiger partial charge in [-0.25, -0.2) is 9.97 Å². The summed E-state index contributed by atoms with van der Waals surface area (Å²) in [7, 11) is 0. The summed E-state index contributed by atoms with van der Waals surface area (Å²) in [5.41, 5.74) is 0.869. The average molecular weight is 268 g/mol. The van der Waals surface area contributed by atoms with E-state index < -0.39 is 0 Å². The number of hydrogen-bond donors (Lipinski definition) is 1. The number of halogens is 1. The third-order valence-corrected chi connectivity index (χ3v) is 3.91. The Morgan fingerprint density at radius 3 is 2.44 bits per heavy atom. The molecule has 0 radical (unpaired) electrons. The van der Waals surface area contributed by atoms with Gasteiger partial charge in [0.25, 0.3) is 0 Å². The van der Waals surface area contributed by atoms with Crippen LogP contribution in [0.5, 0.6) is 0 Å². The van der Waals surface area contributed by atoms with Crippen molar-refractivity contribution >= 4 is 17.4 Å². The zero-order valence-electron chi connectivity index (χ0n) is 11.7. The van der Waals surface area contributed by atoms with Crippen molar-refractivity contribution in [1.82, 2.24) is 9.97 Å². The maximum atomic E-state index is 6.20. The average Bonchev–Trinajstić information content (AvgIpc) is 2.20. The summed E-state index contributed by atoms with van der Waals surface area (Å²) in [6.45, 7) is 9.27. The van der Waals surface area contributed by atoms with E-state index in [2.05, 4.69) is 36.1 Å². The van der Waals surface area contributed by atoms with Crippen LogP contribution in [-0.2, 0) is 5.41 Å². The quantitative estimate of drug-likeness (QED) is 0.843. The fourth-order valence-electron chi connectivity index (χ4n) is 1.93. The van der Waals surface area contributed by atoms with Crippen molar-refractivity contribution in [2.45, 2.75) is 52.4 Å². The number of nitrogens with zero attached hydrogens (tertiary/aromatic N) is 2. The molecule has 0 amide bonds. The summed E-state index contributed by atoms with van der Waals surface area (Å²) in [5.74, 6) is 2.50. The van der Waals surface area contributed by atoms with Gasteiger partial charge in [0.05, 0.1) is 0 Å². The van der Waals surface area contributed by atoms with E-state index in [1.54, 1.807) is 0 Å². The van der Waals surface area contributed by atoms with Gasteiger partial charge in [-0.05, 0) is 25.7 Å². The molecule has 0 bridgehead atoms. The molecule has 0 atom stereocenters. The van der Waals surface area contributed by atoms with Gasteiger partial charge in [0.15, 0.2) is 0 Å². The zero-order valence-corrected chi connectivity index (χ0v) is 12.4. The summed E-state index contributed by atoms with van der Waals surface area (Å²) in [6, 6.07) is 0. The lowest BCUT2D eigenvalue weighted by Gasteiger charge is -2.26. The summed E-state index contributed by atoms with van der Waals surface area (Å²) in [5, 5.41) is 3.99. The molecular weight excluding hydrogens is 246 g/mol. The van der Waals surface area contributed by atoms with Crippen molar-refractivity contribution < 1.29 is 0 Å². The van der Waals surface area contributed by atoms with Gasteiger partial charge in [-0.15, -0.1) is 0 Å². The molecule has 3 nitrogen and oxygen atoms in total. The lowest BCUT2D eigenvalue weighted by Crippen LogP contribution is -2.23. The highest BCUT2D eigenvalue weighted by molar-refractivity contribution is 6.30. The van der Waals surface area contributed by atoms with Crippen LogP contribution in [0.25, 0.3) is 0 Å². The molecule has 1 aromatic rings. The standard InChI is InChI=1S/C14H22ClN3/c1-9-11(15)17-13(14(2,3)4)18-12(9)16-8-10-6-5-7-10/h10H,5-8H2,1-4H3,(H,16,17,18). The zero-order chi connectivity index (χ0) is 13.3. The maximum Gasteiger partial charge on any atom is 0.137 e. The summed E-state index contributed by atoms with van der Waals surface area (Å²) < 4.78 is 0. The first-order chi connectivity index (χ1) is 8.38. The second-order valence-electron chi connectivity index (χ2n) is 6.24. The van der Waals surface area contributed by atoms with Gasteiger partial charge in [-0.3, -0.25) is 0 Å². The van der Waals surface area contributed by atoms with Crippen LogP contribution in [0, 0.1) is 12.8 Å². The van der Waals surface area contributed by atoms with E-state index in [4.69, 9.17) is 11.6 Å². The van der Waals surface area contributed by atoms with Gasteiger partial charge < -0.3 is 5.32 Å². The Bertz CT molecular complexity index is 433. The molecule has 4 heteroatoms. The minimum atomic E-state index is -0.0791. The minimum absolute atomic E-state index is 0.0791. The van der Waals surface area contributed by atoms with Crippen molar-refractivity contribution in [2.24, 2.45) is 5.92 Å². The van der Waals surface area contributed by atoms with E-state index in [1.807, 2.05) is 6.92 Å². The third kappa shape index (κ3) is 2.94. The van der Waals surface area contributed by atoms with Crippen LogP contribution >= 0.6 is 11.6 Å². The van der Waals surface area contributed by atoms with E-state index in [0.717, 1.165) is 29.7 Å². The highest BCUT2D eigenvalue weighted by Gasteiger charge is 2.22. The molecule has 1 aliphatic rings. The van der Waals surface area contributed by atoms with Gasteiger partial charge >= 0.3 is 0 Å². The molecule has 1 heterocycles. The maximum absolute atomic E-state index is 6.20. The topological polar surface area (TPSA) is 37.8 Å². The SMILES string of the molecule is Cc1c(Cl)nc(C(C)(C)C)nc1NCC1CCC1. The van der Waals surface area contributed by atoms with Crippen LogP contribution in [-0.4, -0.2) is 16.5 Å². The molecule has 0 spiro atoms. The molecule has 0 aromatic carbocycles. The largest absolute Gasteiger partial charge is 0.369 e. The van der Waals surface area contributed by atoms with Crippen LogP contribution in [0.3, 0.4) is 0 Å². The van der Waals surface area contributed by atoms with Gasteiger partial charge in [-0.2, -0.15) is 0 Å². The number of anilines is 1. The van der Waals surface area contributed by atoms with Crippen LogP contribution in [0.2, 0.25) is 5.15 Å². The lowest BCUT2D eigenvalue weighted by atomic mass is 9.85. The number of hydrogen-bond acceptors (Lipinski definition) is 3. The first-order valence-electron chi connectivity index (χ1n) is 6.66. The molecule has 1 N–H and O–H groups in total. The van der Waals surface area contributed by atoms with Crippen molar-refractivity contribution in [3.8, 4) is 0 Å². The van der Waals surface area contributed by atoms with Gasteiger partial charge in [0.2, 0.25) is 0 Å². The van der Waals surface area contributed by atoms with E-state index in [1.165, 1.54) is 19.3 Å². The minimum Gasteiger partial charge on any atom is -0.369 e. The Morgan fingerprint density at radius 1 is 1.28 bits per heavy atom. The normalized spacial score (nSPS) is 16.5. The molecule has 0 aliphatic heterocycles. The molecule has 2 rings (SSSR count). The molecule has 0 saturated heterocycles. The first kappa shape index (κ1) is 13.6. The summed E-state index contributed by atoms with van der Waals surface area (Å²) >= 11 is 6.20. The van der Waals surface area contributed by atoms with E-state index in [9.17, 15) is 0 Å². The Morgan fingerprint density at radius 2 is 1.94 bits per heavy atom. The Kier molecular flexibility index (Phi) is 3.81. The van der Waals surface area contributed by atoms with Crippen molar-refractivity contribution in [3.05, 3.63) is 16.5 Å². The van der Waals surface area contributed by atoms with Crippen LogP contribution in [0.15, 0.2) is 0 Å². The lowest BCUT2D eigenvalue weighted by molar-refractivity contribution is 0.333. The third-order valence-electron chi connectivity index (χ3n) is 3.54. The van der Waals surface area contributed by atoms with E-state index >= 15 is 0 Å². The molecule has 0 unspecified atom stereocenters. The highest BCUT2D eigenvalue weighted by Crippen LogP contribution is 2.29. The Balaban J connectivity index is 2.18. The van der Waals surface area contributed by atoms with Gasteiger partial charge in [0.1, 0.15) is 16.8 Å². The smallest absolute Gasteiger partial charge is 0.137 e. The predicted octanol–water partition coefficient (Wildman–Crippen LogP) is 3.95. The van der Waals surface area contributed by atoms with Crippen molar-refractivity contribution in [2.75, 3.05) is 11.9 Å². The van der Waals surface area contributed by atoms with Crippen LogP contribution < -0.4 is 5.32 Å². The van der Waals surface area contributed by atoms with E-state index in [0.29, 0.717) is 5.15 Å². The molecule has 18 heavy (non-hydrogen) atoms. The highest BCUT2D eigenvalue weighted by atomic mass is 35.5. The Hall–Kier alpha value is -0.830. The van der Waals surface area contributed by atoms with Gasteiger partial charge in [0, 0.05) is 17.5 Å². The van der Waals surface area contributed by atoms with Crippen molar-refractivity contribution in [1.29, 1.82) is 0 Å². The predicted molar refractivity (Wildman–Crippen MR) is 76.3 cm³/mol. The Labute approximate surface area is 114 Å². The second-order valence-corrected chi connectivity index (χ2v) is 6.60. The van der Waals surface area contributed by atoms with Crippen LogP contribution in [0.1, 0.15) is 51.4 Å². The first-order valence-corrected chi connectivity index (χ1v) is 7.04. The van der Waals surface area contributed by atoms with Crippen LogP contribution in [0.4, 0.5) is 5.82 Å². The number of rotatable bonds is 3. The number of nitrogens with one attached hydrogen (secondary N) is 1. The molecule has 1 fully saturated rings. The number of aromatic nitrogens is 2. The molecule has 1 saturated carbocycles. The monoisotopic (exact) mass is 267 g/mol. The molecule has 100 valence electrons. The second kappa shape index (κ2) is 5.04.